The fraction of sp³-hybridized carbons (Fsp3) is 0.500. The van der Waals surface area contributed by atoms with E-state index in [1.54, 1.807) is 19.1 Å². The summed E-state index contributed by atoms with van der Waals surface area (Å²) in [6, 6.07) is 4.76. The molecule has 1 aromatic carbocycles. The average Bonchev–Trinajstić information content (AvgIpc) is 2.38. The maximum atomic E-state index is 11.3. The Morgan fingerprint density at radius 1 is 1.42 bits per heavy atom. The minimum Gasteiger partial charge on any atom is -0.389 e. The van der Waals surface area contributed by atoms with E-state index >= 15 is 0 Å². The second kappa shape index (κ2) is 5.66. The lowest BCUT2D eigenvalue weighted by atomic mass is 10.1. The van der Waals surface area contributed by atoms with Crippen molar-refractivity contribution in [1.29, 1.82) is 0 Å². The molecule has 0 radical (unpaired) electrons. The first-order valence-electron chi connectivity index (χ1n) is 6.05. The standard InChI is InChI=1S/C12H16N2O4S/c1-9(15)10-2-3-11(12(8-10)14(16)17)13-4-6-19(18)7-5-13/h2-3,8-9,15H,4-7H2,1H3. The van der Waals surface area contributed by atoms with Crippen LogP contribution in [0.4, 0.5) is 11.4 Å². The summed E-state index contributed by atoms with van der Waals surface area (Å²) in [5.74, 6) is 1.07. The zero-order valence-corrected chi connectivity index (χ0v) is 11.4. The third-order valence-corrected chi connectivity index (χ3v) is 4.47. The van der Waals surface area contributed by atoms with Crippen LogP contribution in [0.5, 0.6) is 0 Å². The van der Waals surface area contributed by atoms with Gasteiger partial charge in [0.1, 0.15) is 5.69 Å². The molecule has 0 aromatic heterocycles. The van der Waals surface area contributed by atoms with Gasteiger partial charge in [-0.1, -0.05) is 6.07 Å². The van der Waals surface area contributed by atoms with Gasteiger partial charge in [-0.05, 0) is 18.6 Å². The quantitative estimate of drug-likeness (QED) is 0.666. The Labute approximate surface area is 113 Å². The van der Waals surface area contributed by atoms with Gasteiger partial charge in [0.2, 0.25) is 0 Å². The van der Waals surface area contributed by atoms with Crippen LogP contribution >= 0.6 is 0 Å². The monoisotopic (exact) mass is 284 g/mol. The van der Waals surface area contributed by atoms with Crippen LogP contribution in [0, 0.1) is 10.1 Å². The second-order valence-electron chi connectivity index (χ2n) is 4.52. The molecule has 1 aromatic rings. The number of hydrogen-bond acceptors (Lipinski definition) is 5. The van der Waals surface area contributed by atoms with E-state index in [2.05, 4.69) is 0 Å². The van der Waals surface area contributed by atoms with Crippen LogP contribution in [0.25, 0.3) is 0 Å². The summed E-state index contributed by atoms with van der Waals surface area (Å²) in [4.78, 5) is 12.6. The number of nitro groups is 1. The first kappa shape index (κ1) is 14.0. The van der Waals surface area contributed by atoms with Crippen molar-refractivity contribution < 1.29 is 14.2 Å². The van der Waals surface area contributed by atoms with Crippen LogP contribution in [0.2, 0.25) is 0 Å². The molecule has 0 bridgehead atoms. The topological polar surface area (TPSA) is 83.7 Å². The summed E-state index contributed by atoms with van der Waals surface area (Å²) in [7, 11) is -0.815. The summed E-state index contributed by atoms with van der Waals surface area (Å²) in [6.45, 7) is 2.69. The number of anilines is 1. The molecule has 7 heteroatoms. The minimum atomic E-state index is -0.815. The largest absolute Gasteiger partial charge is 0.389 e. The van der Waals surface area contributed by atoms with Crippen molar-refractivity contribution in [2.45, 2.75) is 13.0 Å². The van der Waals surface area contributed by atoms with Crippen LogP contribution in [-0.2, 0) is 10.8 Å². The normalized spacial score (nSPS) is 18.3. The lowest BCUT2D eigenvalue weighted by molar-refractivity contribution is -0.384. The number of nitrogens with zero attached hydrogens (tertiary/aromatic N) is 2. The molecular weight excluding hydrogens is 268 g/mol. The summed E-state index contributed by atoms with van der Waals surface area (Å²) in [6.07, 6.45) is -0.735. The van der Waals surface area contributed by atoms with Crippen LogP contribution in [0.15, 0.2) is 18.2 Å². The molecule has 1 atom stereocenters. The molecular formula is C12H16N2O4S. The number of nitro benzene ring substituents is 1. The van der Waals surface area contributed by atoms with E-state index in [1.165, 1.54) is 6.07 Å². The maximum absolute atomic E-state index is 11.3. The van der Waals surface area contributed by atoms with Crippen molar-refractivity contribution in [2.75, 3.05) is 29.5 Å². The summed E-state index contributed by atoms with van der Waals surface area (Å²) in [5, 5.41) is 20.6. The first-order valence-corrected chi connectivity index (χ1v) is 7.54. The van der Waals surface area contributed by atoms with Gasteiger partial charge in [0.15, 0.2) is 0 Å². The SMILES string of the molecule is CC(O)c1ccc(N2CCS(=O)CC2)c([N+](=O)[O-])c1. The van der Waals surface area contributed by atoms with Gasteiger partial charge in [-0.15, -0.1) is 0 Å². The molecule has 2 rings (SSSR count). The van der Waals surface area contributed by atoms with Crippen LogP contribution in [0.3, 0.4) is 0 Å². The van der Waals surface area contributed by atoms with E-state index in [4.69, 9.17) is 0 Å². The molecule has 1 fully saturated rings. The van der Waals surface area contributed by atoms with Crippen LogP contribution < -0.4 is 4.90 Å². The Kier molecular flexibility index (Phi) is 4.16. The fourth-order valence-corrected chi connectivity index (χ4v) is 3.14. The van der Waals surface area contributed by atoms with Crippen molar-refractivity contribution in [3.8, 4) is 0 Å². The van der Waals surface area contributed by atoms with E-state index in [0.717, 1.165) is 0 Å². The summed E-state index contributed by atoms with van der Waals surface area (Å²) < 4.78 is 11.3. The van der Waals surface area contributed by atoms with Gasteiger partial charge in [0.05, 0.1) is 11.0 Å². The van der Waals surface area contributed by atoms with Crippen molar-refractivity contribution in [2.24, 2.45) is 0 Å². The summed E-state index contributed by atoms with van der Waals surface area (Å²) in [5.41, 5.74) is 1.05. The van der Waals surface area contributed by atoms with Crippen LogP contribution in [0.1, 0.15) is 18.6 Å². The van der Waals surface area contributed by atoms with Gasteiger partial charge in [0, 0.05) is 41.5 Å². The van der Waals surface area contributed by atoms with Crippen LogP contribution in [-0.4, -0.2) is 38.8 Å². The lowest BCUT2D eigenvalue weighted by Gasteiger charge is -2.28. The fourth-order valence-electron chi connectivity index (χ4n) is 2.09. The third-order valence-electron chi connectivity index (χ3n) is 3.20. The second-order valence-corrected chi connectivity index (χ2v) is 6.21. The smallest absolute Gasteiger partial charge is 0.292 e. The van der Waals surface area contributed by atoms with Crippen molar-refractivity contribution >= 4 is 22.2 Å². The molecule has 1 heterocycles. The number of rotatable bonds is 3. The highest BCUT2D eigenvalue weighted by molar-refractivity contribution is 7.85. The Balaban J connectivity index is 2.34. The van der Waals surface area contributed by atoms with E-state index in [-0.39, 0.29) is 5.69 Å². The first-order chi connectivity index (χ1) is 8.99. The van der Waals surface area contributed by atoms with Gasteiger partial charge in [-0.2, -0.15) is 0 Å². The summed E-state index contributed by atoms with van der Waals surface area (Å²) >= 11 is 0. The van der Waals surface area contributed by atoms with Gasteiger partial charge >= 0.3 is 0 Å². The zero-order valence-electron chi connectivity index (χ0n) is 10.6. The van der Waals surface area contributed by atoms with Crippen molar-refractivity contribution in [3.05, 3.63) is 33.9 Å². The highest BCUT2D eigenvalue weighted by Gasteiger charge is 2.24. The van der Waals surface area contributed by atoms with Gasteiger partial charge in [-0.25, -0.2) is 0 Å². The molecule has 1 unspecified atom stereocenters. The molecule has 1 N–H and O–H groups in total. The number of benzene rings is 1. The van der Waals surface area contributed by atoms with Crippen molar-refractivity contribution in [1.82, 2.24) is 0 Å². The van der Waals surface area contributed by atoms with E-state index in [9.17, 15) is 19.4 Å². The molecule has 1 saturated heterocycles. The molecule has 0 spiro atoms. The Bertz CT molecular complexity index is 508. The van der Waals surface area contributed by atoms with Gasteiger partial charge < -0.3 is 10.0 Å². The third kappa shape index (κ3) is 3.10. The average molecular weight is 284 g/mol. The highest BCUT2D eigenvalue weighted by atomic mass is 32.2. The lowest BCUT2D eigenvalue weighted by Crippen LogP contribution is -2.38. The molecule has 0 amide bonds. The molecule has 104 valence electrons. The highest BCUT2D eigenvalue weighted by Crippen LogP contribution is 2.31. The molecule has 1 aliphatic rings. The molecule has 19 heavy (non-hydrogen) atoms. The molecule has 6 nitrogen and oxygen atoms in total. The molecule has 0 saturated carbocycles. The maximum Gasteiger partial charge on any atom is 0.292 e. The predicted molar refractivity (Wildman–Crippen MR) is 73.8 cm³/mol. The predicted octanol–water partition coefficient (Wildman–Crippen LogP) is 1.22. The number of hydrogen-bond donors (Lipinski definition) is 1. The van der Waals surface area contributed by atoms with Gasteiger partial charge in [0.25, 0.3) is 5.69 Å². The van der Waals surface area contributed by atoms with E-state index in [0.29, 0.717) is 35.8 Å². The number of aliphatic hydroxyl groups excluding tert-OH is 1. The zero-order chi connectivity index (χ0) is 14.0. The Morgan fingerprint density at radius 3 is 2.58 bits per heavy atom. The van der Waals surface area contributed by atoms with Gasteiger partial charge in [-0.3, -0.25) is 14.3 Å². The molecule has 0 aliphatic carbocycles. The van der Waals surface area contributed by atoms with Crippen molar-refractivity contribution in [3.63, 3.8) is 0 Å². The molecule has 1 aliphatic heterocycles. The number of aliphatic hydroxyl groups is 1. The minimum absolute atomic E-state index is 0.00826. The Hall–Kier alpha value is -1.47. The van der Waals surface area contributed by atoms with E-state index < -0.39 is 21.8 Å². The Morgan fingerprint density at radius 2 is 2.05 bits per heavy atom. The van der Waals surface area contributed by atoms with E-state index in [1.807, 2.05) is 4.90 Å².